The molecule has 0 spiro atoms. The summed E-state index contributed by atoms with van der Waals surface area (Å²) in [4.78, 5) is 22.9. The van der Waals surface area contributed by atoms with Crippen LogP contribution < -0.4 is 15.1 Å². The number of rotatable bonds is 4. The first-order chi connectivity index (χ1) is 14.7. The number of nitrogens with zero attached hydrogens (tertiary/aromatic N) is 6. The van der Waals surface area contributed by atoms with E-state index in [1.807, 2.05) is 36.7 Å². The summed E-state index contributed by atoms with van der Waals surface area (Å²) in [7, 11) is 0. The highest BCUT2D eigenvalue weighted by Gasteiger charge is 2.22. The molecule has 0 amide bonds. The molecule has 9 heteroatoms. The Kier molecular flexibility index (Phi) is 5.50. The SMILES string of the molecule is Clc1ccc2nc(N3CCCC(Nc4ccnc(N5CCOCC5)n4)C3)cnc2c1. The monoisotopic (exact) mass is 425 g/mol. The summed E-state index contributed by atoms with van der Waals surface area (Å²) < 4.78 is 5.42. The average Bonchev–Trinajstić information content (AvgIpc) is 2.80. The summed E-state index contributed by atoms with van der Waals surface area (Å²) >= 11 is 6.06. The Morgan fingerprint density at radius 1 is 1.00 bits per heavy atom. The lowest BCUT2D eigenvalue weighted by Gasteiger charge is -2.34. The van der Waals surface area contributed by atoms with Crippen LogP contribution in [0.3, 0.4) is 0 Å². The van der Waals surface area contributed by atoms with Gasteiger partial charge in [0.05, 0.1) is 30.4 Å². The van der Waals surface area contributed by atoms with Crippen LogP contribution in [0.5, 0.6) is 0 Å². The Morgan fingerprint density at radius 2 is 1.90 bits per heavy atom. The van der Waals surface area contributed by atoms with Gasteiger partial charge in [-0.3, -0.25) is 4.98 Å². The number of hydrogen-bond acceptors (Lipinski definition) is 8. The van der Waals surface area contributed by atoms with Crippen LogP contribution in [0, 0.1) is 0 Å². The first-order valence-electron chi connectivity index (χ1n) is 10.3. The number of halogens is 1. The van der Waals surface area contributed by atoms with Gasteiger partial charge in [-0.25, -0.2) is 9.97 Å². The fourth-order valence-corrected chi connectivity index (χ4v) is 4.15. The summed E-state index contributed by atoms with van der Waals surface area (Å²) in [5, 5.41) is 4.26. The van der Waals surface area contributed by atoms with E-state index in [1.165, 1.54) is 0 Å². The highest BCUT2D eigenvalue weighted by molar-refractivity contribution is 6.31. The minimum absolute atomic E-state index is 0.286. The highest BCUT2D eigenvalue weighted by Crippen LogP contribution is 2.23. The van der Waals surface area contributed by atoms with Crippen LogP contribution in [0.15, 0.2) is 36.7 Å². The Bertz CT molecular complexity index is 1030. The zero-order valence-electron chi connectivity index (χ0n) is 16.7. The smallest absolute Gasteiger partial charge is 0.227 e. The van der Waals surface area contributed by atoms with E-state index in [9.17, 15) is 0 Å². The molecule has 4 heterocycles. The molecule has 1 unspecified atom stereocenters. The third-order valence-electron chi connectivity index (χ3n) is 5.53. The lowest BCUT2D eigenvalue weighted by atomic mass is 10.1. The predicted octanol–water partition coefficient (Wildman–Crippen LogP) is 2.99. The van der Waals surface area contributed by atoms with Crippen LogP contribution in [-0.2, 0) is 4.74 Å². The molecule has 3 aromatic rings. The van der Waals surface area contributed by atoms with E-state index in [2.05, 4.69) is 25.1 Å². The molecule has 0 bridgehead atoms. The molecule has 2 fully saturated rings. The van der Waals surface area contributed by atoms with Crippen LogP contribution in [0.25, 0.3) is 11.0 Å². The molecule has 2 aliphatic rings. The van der Waals surface area contributed by atoms with Crippen molar-refractivity contribution in [2.75, 3.05) is 54.5 Å². The molecule has 2 aliphatic heterocycles. The zero-order valence-corrected chi connectivity index (χ0v) is 17.4. The zero-order chi connectivity index (χ0) is 20.3. The first-order valence-corrected chi connectivity index (χ1v) is 10.7. The van der Waals surface area contributed by atoms with Gasteiger partial charge in [-0.15, -0.1) is 0 Å². The minimum Gasteiger partial charge on any atom is -0.378 e. The summed E-state index contributed by atoms with van der Waals surface area (Å²) in [5.74, 6) is 2.51. The lowest BCUT2D eigenvalue weighted by molar-refractivity contribution is 0.122. The second-order valence-electron chi connectivity index (χ2n) is 7.63. The van der Waals surface area contributed by atoms with Crippen LogP contribution >= 0.6 is 11.6 Å². The fraction of sp³-hybridized carbons (Fsp3) is 0.429. The van der Waals surface area contributed by atoms with Crippen molar-refractivity contribution in [3.8, 4) is 0 Å². The third-order valence-corrected chi connectivity index (χ3v) is 5.76. The molecule has 2 saturated heterocycles. The van der Waals surface area contributed by atoms with E-state index >= 15 is 0 Å². The predicted molar refractivity (Wildman–Crippen MR) is 118 cm³/mol. The maximum Gasteiger partial charge on any atom is 0.227 e. The van der Waals surface area contributed by atoms with Gasteiger partial charge in [0.2, 0.25) is 5.95 Å². The molecule has 8 nitrogen and oxygen atoms in total. The number of morpholine rings is 1. The molecule has 5 rings (SSSR count). The van der Waals surface area contributed by atoms with E-state index in [0.29, 0.717) is 5.02 Å². The Morgan fingerprint density at radius 3 is 2.80 bits per heavy atom. The van der Waals surface area contributed by atoms with Crippen molar-refractivity contribution in [2.45, 2.75) is 18.9 Å². The summed E-state index contributed by atoms with van der Waals surface area (Å²) in [6, 6.07) is 7.83. The van der Waals surface area contributed by atoms with Crippen molar-refractivity contribution >= 4 is 40.2 Å². The van der Waals surface area contributed by atoms with E-state index in [0.717, 1.165) is 80.9 Å². The minimum atomic E-state index is 0.286. The fourth-order valence-electron chi connectivity index (χ4n) is 3.98. The van der Waals surface area contributed by atoms with Crippen molar-refractivity contribution in [3.05, 3.63) is 41.7 Å². The van der Waals surface area contributed by atoms with E-state index < -0.39 is 0 Å². The second-order valence-corrected chi connectivity index (χ2v) is 8.07. The van der Waals surface area contributed by atoms with Gasteiger partial charge >= 0.3 is 0 Å². The number of benzene rings is 1. The molecule has 1 aromatic carbocycles. The van der Waals surface area contributed by atoms with E-state index in [1.54, 1.807) is 0 Å². The number of piperidine rings is 1. The highest BCUT2D eigenvalue weighted by atomic mass is 35.5. The van der Waals surface area contributed by atoms with Crippen molar-refractivity contribution in [2.24, 2.45) is 0 Å². The molecular formula is C21H24ClN7O. The van der Waals surface area contributed by atoms with Gasteiger partial charge in [0.25, 0.3) is 0 Å². The molecule has 30 heavy (non-hydrogen) atoms. The average molecular weight is 426 g/mol. The number of hydrogen-bond donors (Lipinski definition) is 1. The maximum atomic E-state index is 6.06. The maximum absolute atomic E-state index is 6.06. The van der Waals surface area contributed by atoms with Crippen LogP contribution in [0.2, 0.25) is 5.02 Å². The van der Waals surface area contributed by atoms with Gasteiger partial charge in [0, 0.05) is 43.4 Å². The number of fused-ring (bicyclic) bond motifs is 1. The van der Waals surface area contributed by atoms with Crippen molar-refractivity contribution in [1.29, 1.82) is 0 Å². The van der Waals surface area contributed by atoms with Gasteiger partial charge in [-0.2, -0.15) is 4.98 Å². The number of ether oxygens (including phenoxy) is 1. The van der Waals surface area contributed by atoms with Crippen molar-refractivity contribution in [1.82, 2.24) is 19.9 Å². The molecular weight excluding hydrogens is 402 g/mol. The van der Waals surface area contributed by atoms with Crippen LogP contribution in [-0.4, -0.2) is 65.4 Å². The van der Waals surface area contributed by atoms with Gasteiger partial charge in [-0.1, -0.05) is 11.6 Å². The number of anilines is 3. The van der Waals surface area contributed by atoms with Gasteiger partial charge in [0.15, 0.2) is 0 Å². The quantitative estimate of drug-likeness (QED) is 0.683. The van der Waals surface area contributed by atoms with Gasteiger partial charge in [-0.05, 0) is 37.1 Å². The Labute approximate surface area is 180 Å². The molecule has 0 radical (unpaired) electrons. The topological polar surface area (TPSA) is 79.3 Å². The van der Waals surface area contributed by atoms with Gasteiger partial charge < -0.3 is 19.9 Å². The molecule has 2 aromatic heterocycles. The largest absolute Gasteiger partial charge is 0.378 e. The number of aromatic nitrogens is 4. The molecule has 1 N–H and O–H groups in total. The van der Waals surface area contributed by atoms with Crippen LogP contribution in [0.4, 0.5) is 17.6 Å². The van der Waals surface area contributed by atoms with E-state index in [4.69, 9.17) is 26.3 Å². The summed E-state index contributed by atoms with van der Waals surface area (Å²) in [6.45, 7) is 4.91. The Balaban J connectivity index is 1.28. The summed E-state index contributed by atoms with van der Waals surface area (Å²) in [6.07, 6.45) is 5.83. The second kappa shape index (κ2) is 8.57. The van der Waals surface area contributed by atoms with Crippen molar-refractivity contribution < 1.29 is 4.74 Å². The molecule has 156 valence electrons. The summed E-state index contributed by atoms with van der Waals surface area (Å²) in [5.41, 5.74) is 1.67. The normalized spacial score (nSPS) is 19.8. The lowest BCUT2D eigenvalue weighted by Crippen LogP contribution is -2.43. The number of nitrogens with one attached hydrogen (secondary N) is 1. The molecule has 0 aliphatic carbocycles. The van der Waals surface area contributed by atoms with Crippen molar-refractivity contribution in [3.63, 3.8) is 0 Å². The standard InChI is InChI=1S/C21H24ClN7O/c22-15-3-4-17-18(12-15)24-13-20(26-17)29-7-1-2-16(14-29)25-19-5-6-23-21(27-19)28-8-10-30-11-9-28/h3-6,12-13,16H,1-2,7-11,14H2,(H,23,25,27). The third kappa shape index (κ3) is 4.24. The molecule has 0 saturated carbocycles. The Hall–Kier alpha value is -2.71. The first kappa shape index (κ1) is 19.3. The molecule has 1 atom stereocenters. The van der Waals surface area contributed by atoms with E-state index in [-0.39, 0.29) is 6.04 Å². The van der Waals surface area contributed by atoms with Gasteiger partial charge in [0.1, 0.15) is 11.6 Å². The van der Waals surface area contributed by atoms with Crippen LogP contribution in [0.1, 0.15) is 12.8 Å².